The number of aliphatic hydroxyl groups is 1. The highest BCUT2D eigenvalue weighted by Crippen LogP contribution is 2.38. The molecule has 4 rings (SSSR count). The van der Waals surface area contributed by atoms with Crippen molar-refractivity contribution in [2.45, 2.75) is 19.4 Å². The van der Waals surface area contributed by atoms with Crippen LogP contribution in [0.4, 0.5) is 23.0 Å². The van der Waals surface area contributed by atoms with Crippen molar-refractivity contribution in [1.82, 2.24) is 19.4 Å². The molecule has 0 fully saturated rings. The number of nitrogens with one attached hydrogen (secondary N) is 2. The molecule has 0 saturated carbocycles. The molecule has 4 aromatic rings. The molecule has 1 amide bonds. The number of benzene rings is 2. The molecule has 0 bridgehead atoms. The number of likely N-dealkylation sites (N-methyl/N-ethyl adjacent to an activating group) is 2. The first kappa shape index (κ1) is 28.6. The van der Waals surface area contributed by atoms with E-state index in [-0.39, 0.29) is 5.91 Å². The third-order valence-corrected chi connectivity index (χ3v) is 6.56. The Morgan fingerprint density at radius 1 is 1.15 bits per heavy atom. The van der Waals surface area contributed by atoms with Crippen LogP contribution >= 0.6 is 0 Å². The van der Waals surface area contributed by atoms with E-state index in [1.54, 1.807) is 33.2 Å². The molecule has 2 heterocycles. The molecular formula is C30H37N7O3. The van der Waals surface area contributed by atoms with Crippen LogP contribution in [0.25, 0.3) is 16.7 Å². The smallest absolute Gasteiger partial charge is 0.247 e. The molecule has 2 aromatic carbocycles. The van der Waals surface area contributed by atoms with E-state index in [0.717, 1.165) is 35.2 Å². The van der Waals surface area contributed by atoms with Gasteiger partial charge in [-0.25, -0.2) is 4.98 Å². The average Bonchev–Trinajstić information content (AvgIpc) is 3.32. The van der Waals surface area contributed by atoms with Gasteiger partial charge in [0.25, 0.3) is 0 Å². The van der Waals surface area contributed by atoms with Crippen LogP contribution in [0.1, 0.15) is 19.4 Å². The van der Waals surface area contributed by atoms with E-state index in [2.05, 4.69) is 32.0 Å². The number of nitrogens with zero attached hydrogens (tertiary/aromatic N) is 5. The molecule has 0 radical (unpaired) electrons. The zero-order chi connectivity index (χ0) is 29.0. The predicted octanol–water partition coefficient (Wildman–Crippen LogP) is 4.52. The number of amides is 1. The Morgan fingerprint density at radius 3 is 2.58 bits per heavy atom. The fraction of sp³-hybridized carbons (Fsp3) is 0.300. The summed E-state index contributed by atoms with van der Waals surface area (Å²) in [6.07, 6.45) is 4.80. The summed E-state index contributed by atoms with van der Waals surface area (Å²) in [5.74, 6) is 1.21. The van der Waals surface area contributed by atoms with Gasteiger partial charge in [0, 0.05) is 49.5 Å². The van der Waals surface area contributed by atoms with Crippen LogP contribution in [0.2, 0.25) is 0 Å². The van der Waals surface area contributed by atoms with Gasteiger partial charge in [0.15, 0.2) is 0 Å². The van der Waals surface area contributed by atoms with Crippen LogP contribution in [0, 0.1) is 0 Å². The maximum Gasteiger partial charge on any atom is 0.247 e. The Balaban J connectivity index is 1.74. The molecule has 0 unspecified atom stereocenters. The summed E-state index contributed by atoms with van der Waals surface area (Å²) < 4.78 is 7.65. The number of ether oxygens (including phenoxy) is 1. The van der Waals surface area contributed by atoms with E-state index in [1.165, 1.54) is 6.08 Å². The molecule has 40 heavy (non-hydrogen) atoms. The fourth-order valence-corrected chi connectivity index (χ4v) is 4.43. The number of carbonyl (C=O) groups excluding carboxylic acids is 1. The maximum absolute atomic E-state index is 12.3. The van der Waals surface area contributed by atoms with E-state index >= 15 is 0 Å². The van der Waals surface area contributed by atoms with E-state index in [9.17, 15) is 9.90 Å². The number of hydrogen-bond donors (Lipinski definition) is 3. The van der Waals surface area contributed by atoms with Crippen LogP contribution < -0.4 is 20.3 Å². The molecule has 0 aliphatic rings. The minimum absolute atomic E-state index is 0.321. The van der Waals surface area contributed by atoms with Gasteiger partial charge in [0.1, 0.15) is 11.6 Å². The molecule has 0 atom stereocenters. The van der Waals surface area contributed by atoms with Crippen molar-refractivity contribution < 1.29 is 14.6 Å². The van der Waals surface area contributed by atoms with Crippen LogP contribution in [-0.2, 0) is 10.4 Å². The minimum Gasteiger partial charge on any atom is -0.494 e. The van der Waals surface area contributed by atoms with Gasteiger partial charge in [-0.15, -0.1) is 0 Å². The third kappa shape index (κ3) is 6.24. The number of carbonyl (C=O) groups is 1. The van der Waals surface area contributed by atoms with Crippen molar-refractivity contribution in [2.75, 3.05) is 56.9 Å². The summed E-state index contributed by atoms with van der Waals surface area (Å²) in [6, 6.07) is 13.4. The normalized spacial score (nSPS) is 11.5. The second-order valence-corrected chi connectivity index (χ2v) is 10.3. The zero-order valence-electron chi connectivity index (χ0n) is 23.9. The summed E-state index contributed by atoms with van der Waals surface area (Å²) >= 11 is 0. The standard InChI is InChI=1S/C30H37N7O3/c1-8-28(38)32-22-17-23(26(40-7)18-25(22)36(6)16-15-35(4)5)33-29-31-14-13-27(34-29)37-19-21(30(2,3)39)20-11-9-10-12-24(20)37/h8-14,17-19,39H,1,15-16H2,2-7H3,(H,32,38)(H,31,33,34). The topological polar surface area (TPSA) is 108 Å². The Morgan fingerprint density at radius 2 is 1.90 bits per heavy atom. The van der Waals surface area contributed by atoms with Gasteiger partial charge in [0.2, 0.25) is 11.9 Å². The third-order valence-electron chi connectivity index (χ3n) is 6.56. The Kier molecular flexibility index (Phi) is 8.41. The number of fused-ring (bicyclic) bond motifs is 1. The van der Waals surface area contributed by atoms with E-state index in [1.807, 2.05) is 68.3 Å². The van der Waals surface area contributed by atoms with Crippen molar-refractivity contribution in [3.05, 3.63) is 73.1 Å². The number of hydrogen-bond acceptors (Lipinski definition) is 8. The first-order valence-electron chi connectivity index (χ1n) is 13.0. The van der Waals surface area contributed by atoms with Gasteiger partial charge in [-0.2, -0.15) is 4.98 Å². The van der Waals surface area contributed by atoms with Gasteiger partial charge in [0.05, 0.1) is 35.3 Å². The van der Waals surface area contributed by atoms with Crippen molar-refractivity contribution in [3.8, 4) is 11.6 Å². The minimum atomic E-state index is -1.03. The van der Waals surface area contributed by atoms with E-state index < -0.39 is 5.60 Å². The number of rotatable bonds is 11. The van der Waals surface area contributed by atoms with Crippen LogP contribution in [0.15, 0.2) is 67.5 Å². The Hall–Kier alpha value is -4.41. The lowest BCUT2D eigenvalue weighted by Crippen LogP contribution is -2.29. The molecule has 10 heteroatoms. The second kappa shape index (κ2) is 11.8. The lowest BCUT2D eigenvalue weighted by molar-refractivity contribution is -0.111. The highest BCUT2D eigenvalue weighted by Gasteiger charge is 2.23. The first-order valence-corrected chi connectivity index (χ1v) is 13.0. The molecule has 0 aliphatic carbocycles. The van der Waals surface area contributed by atoms with Gasteiger partial charge in [-0.1, -0.05) is 24.8 Å². The van der Waals surface area contributed by atoms with Crippen LogP contribution in [0.3, 0.4) is 0 Å². The van der Waals surface area contributed by atoms with E-state index in [0.29, 0.717) is 28.9 Å². The molecule has 0 saturated heterocycles. The molecule has 2 aromatic heterocycles. The molecule has 0 aliphatic heterocycles. The number of aromatic nitrogens is 3. The number of anilines is 4. The lowest BCUT2D eigenvalue weighted by atomic mass is 9.98. The largest absolute Gasteiger partial charge is 0.494 e. The average molecular weight is 544 g/mol. The lowest BCUT2D eigenvalue weighted by Gasteiger charge is -2.26. The van der Waals surface area contributed by atoms with Crippen molar-refractivity contribution in [1.29, 1.82) is 0 Å². The first-order chi connectivity index (χ1) is 19.0. The van der Waals surface area contributed by atoms with Crippen molar-refractivity contribution in [2.24, 2.45) is 0 Å². The monoisotopic (exact) mass is 543 g/mol. The number of para-hydroxylation sites is 1. The zero-order valence-corrected chi connectivity index (χ0v) is 23.9. The fourth-order valence-electron chi connectivity index (χ4n) is 4.43. The summed E-state index contributed by atoms with van der Waals surface area (Å²) in [5.41, 5.74) is 2.66. The Labute approximate surface area is 234 Å². The van der Waals surface area contributed by atoms with Gasteiger partial charge >= 0.3 is 0 Å². The van der Waals surface area contributed by atoms with Crippen LogP contribution in [-0.4, -0.2) is 71.8 Å². The molecule has 10 nitrogen and oxygen atoms in total. The highest BCUT2D eigenvalue weighted by molar-refractivity contribution is 6.02. The van der Waals surface area contributed by atoms with E-state index in [4.69, 9.17) is 9.72 Å². The predicted molar refractivity (Wildman–Crippen MR) is 161 cm³/mol. The summed E-state index contributed by atoms with van der Waals surface area (Å²) in [4.78, 5) is 25.6. The highest BCUT2D eigenvalue weighted by atomic mass is 16.5. The second-order valence-electron chi connectivity index (χ2n) is 10.3. The molecule has 210 valence electrons. The molecule has 3 N–H and O–H groups in total. The summed E-state index contributed by atoms with van der Waals surface area (Å²) in [7, 11) is 7.58. The van der Waals surface area contributed by atoms with Crippen molar-refractivity contribution in [3.63, 3.8) is 0 Å². The van der Waals surface area contributed by atoms with Crippen LogP contribution in [0.5, 0.6) is 5.75 Å². The van der Waals surface area contributed by atoms with Crippen molar-refractivity contribution >= 4 is 39.8 Å². The molecule has 0 spiro atoms. The van der Waals surface area contributed by atoms with Gasteiger partial charge in [-0.05, 0) is 52.2 Å². The van der Waals surface area contributed by atoms with Gasteiger partial charge < -0.3 is 34.8 Å². The number of methoxy groups -OCH3 is 1. The Bertz CT molecular complexity index is 1520. The quantitative estimate of drug-likeness (QED) is 0.237. The maximum atomic E-state index is 12.3. The SMILES string of the molecule is C=CC(=O)Nc1cc(Nc2nccc(-n3cc(C(C)(C)O)c4ccccc43)n2)c(OC)cc1N(C)CCN(C)C. The summed E-state index contributed by atoms with van der Waals surface area (Å²) in [6.45, 7) is 8.68. The summed E-state index contributed by atoms with van der Waals surface area (Å²) in [5, 5.41) is 17.9. The molecular weight excluding hydrogens is 506 g/mol. The van der Waals surface area contributed by atoms with Gasteiger partial charge in [-0.3, -0.25) is 4.79 Å².